The molecule has 1 saturated heterocycles. The van der Waals surface area contributed by atoms with Crippen molar-refractivity contribution in [3.8, 4) is 0 Å². The minimum absolute atomic E-state index is 0.0241. The molecule has 0 N–H and O–H groups in total. The molecule has 1 fully saturated rings. The first kappa shape index (κ1) is 15.5. The van der Waals surface area contributed by atoms with Crippen LogP contribution in [0.1, 0.15) is 18.4 Å². The third-order valence-electron chi connectivity index (χ3n) is 4.40. The largest absolute Gasteiger partial charge is 0.341 e. The summed E-state index contributed by atoms with van der Waals surface area (Å²) in [5, 5.41) is 3.94. The fourth-order valence-corrected chi connectivity index (χ4v) is 3.07. The monoisotopic (exact) mass is 311 g/mol. The molecule has 0 atom stereocenters. The van der Waals surface area contributed by atoms with Gasteiger partial charge in [0.25, 0.3) is 5.56 Å². The molecule has 1 aromatic heterocycles. The van der Waals surface area contributed by atoms with Gasteiger partial charge in [-0.2, -0.15) is 5.10 Å². The maximum atomic E-state index is 12.3. The number of carbonyl (C=O) groups excluding carboxylic acids is 1. The van der Waals surface area contributed by atoms with Gasteiger partial charge in [-0.3, -0.25) is 9.59 Å². The molecular weight excluding hydrogens is 290 g/mol. The highest BCUT2D eigenvalue weighted by atomic mass is 16.2. The molecule has 5 nitrogen and oxygen atoms in total. The summed E-state index contributed by atoms with van der Waals surface area (Å²) in [4.78, 5) is 25.8. The van der Waals surface area contributed by atoms with Crippen LogP contribution in [0, 0.1) is 5.92 Å². The zero-order valence-corrected chi connectivity index (χ0v) is 13.1. The average Bonchev–Trinajstić information content (AvgIpc) is 2.58. The number of aromatic nitrogens is 2. The van der Waals surface area contributed by atoms with Crippen molar-refractivity contribution in [2.75, 3.05) is 13.1 Å². The van der Waals surface area contributed by atoms with Crippen molar-refractivity contribution in [1.29, 1.82) is 0 Å². The second-order valence-corrected chi connectivity index (χ2v) is 6.03. The van der Waals surface area contributed by atoms with Gasteiger partial charge < -0.3 is 4.90 Å². The Hall–Kier alpha value is -2.43. The summed E-state index contributed by atoms with van der Waals surface area (Å²) in [5.41, 5.74) is 1.12. The summed E-state index contributed by atoms with van der Waals surface area (Å²) in [6.45, 7) is 1.55. The smallest absolute Gasteiger partial charge is 0.267 e. The standard InChI is InChI=1S/C18H21N3O2/c22-17-7-4-10-19-21(17)14-18(23)20-11-8-16(9-12-20)13-15-5-2-1-3-6-15/h1-7,10,16H,8-9,11-14H2. The van der Waals surface area contributed by atoms with E-state index in [1.165, 1.54) is 22.5 Å². The topological polar surface area (TPSA) is 55.2 Å². The predicted octanol–water partition coefficient (Wildman–Crippen LogP) is 1.72. The zero-order chi connectivity index (χ0) is 16.1. The van der Waals surface area contributed by atoms with E-state index in [0.717, 1.165) is 32.4 Å². The fourth-order valence-electron chi connectivity index (χ4n) is 3.07. The molecule has 0 unspecified atom stereocenters. The lowest BCUT2D eigenvalue weighted by Crippen LogP contribution is -2.42. The SMILES string of the molecule is O=C(Cn1ncccc1=O)N1CCC(Cc2ccccc2)CC1. The van der Waals surface area contributed by atoms with Crippen LogP contribution in [-0.2, 0) is 17.8 Å². The summed E-state index contributed by atoms with van der Waals surface area (Å²) in [6, 6.07) is 13.5. The molecule has 1 amide bonds. The summed E-state index contributed by atoms with van der Waals surface area (Å²) in [7, 11) is 0. The second kappa shape index (κ2) is 7.22. The van der Waals surface area contributed by atoms with Gasteiger partial charge in [0.15, 0.2) is 0 Å². The molecule has 1 aromatic carbocycles. The van der Waals surface area contributed by atoms with Crippen LogP contribution < -0.4 is 5.56 Å². The summed E-state index contributed by atoms with van der Waals surface area (Å²) >= 11 is 0. The van der Waals surface area contributed by atoms with Gasteiger partial charge in [-0.05, 0) is 36.8 Å². The first-order chi connectivity index (χ1) is 11.2. The summed E-state index contributed by atoms with van der Waals surface area (Å²) in [5.74, 6) is 0.600. The highest BCUT2D eigenvalue weighted by Crippen LogP contribution is 2.21. The first-order valence-electron chi connectivity index (χ1n) is 8.06. The number of piperidine rings is 1. The molecule has 2 aromatic rings. The van der Waals surface area contributed by atoms with Crippen LogP contribution in [0.25, 0.3) is 0 Å². The Kier molecular flexibility index (Phi) is 4.86. The third-order valence-corrected chi connectivity index (χ3v) is 4.40. The van der Waals surface area contributed by atoms with Gasteiger partial charge in [0.2, 0.25) is 5.91 Å². The third kappa shape index (κ3) is 4.06. The van der Waals surface area contributed by atoms with E-state index in [9.17, 15) is 9.59 Å². The number of amides is 1. The van der Waals surface area contributed by atoms with Gasteiger partial charge in [-0.25, -0.2) is 4.68 Å². The van der Waals surface area contributed by atoms with Crippen molar-refractivity contribution in [3.63, 3.8) is 0 Å². The van der Waals surface area contributed by atoms with Gasteiger partial charge in [-0.1, -0.05) is 30.3 Å². The highest BCUT2D eigenvalue weighted by molar-refractivity contribution is 5.75. The van der Waals surface area contributed by atoms with E-state index in [0.29, 0.717) is 5.92 Å². The lowest BCUT2D eigenvalue weighted by molar-refractivity contribution is -0.133. The number of carbonyl (C=O) groups is 1. The van der Waals surface area contributed by atoms with Gasteiger partial charge in [0, 0.05) is 25.4 Å². The van der Waals surface area contributed by atoms with Crippen LogP contribution in [0.2, 0.25) is 0 Å². The quantitative estimate of drug-likeness (QED) is 0.864. The number of rotatable bonds is 4. The van der Waals surface area contributed by atoms with E-state index in [1.807, 2.05) is 11.0 Å². The Balaban J connectivity index is 1.51. The molecule has 0 spiro atoms. The number of hydrogen-bond acceptors (Lipinski definition) is 3. The van der Waals surface area contributed by atoms with Crippen molar-refractivity contribution in [2.45, 2.75) is 25.8 Å². The normalized spacial score (nSPS) is 15.6. The molecular formula is C18H21N3O2. The number of likely N-dealkylation sites (tertiary alicyclic amines) is 1. The average molecular weight is 311 g/mol. The van der Waals surface area contributed by atoms with E-state index < -0.39 is 0 Å². The van der Waals surface area contributed by atoms with Crippen LogP contribution in [0.4, 0.5) is 0 Å². The number of benzene rings is 1. The molecule has 120 valence electrons. The Bertz CT molecular complexity index is 703. The lowest BCUT2D eigenvalue weighted by atomic mass is 9.90. The van der Waals surface area contributed by atoms with Crippen molar-refractivity contribution in [3.05, 3.63) is 64.6 Å². The van der Waals surface area contributed by atoms with Crippen LogP contribution in [-0.4, -0.2) is 33.7 Å². The lowest BCUT2D eigenvalue weighted by Gasteiger charge is -2.32. The number of hydrogen-bond donors (Lipinski definition) is 0. The highest BCUT2D eigenvalue weighted by Gasteiger charge is 2.23. The van der Waals surface area contributed by atoms with Crippen molar-refractivity contribution in [2.24, 2.45) is 5.92 Å². The maximum absolute atomic E-state index is 12.3. The molecule has 1 aliphatic heterocycles. The van der Waals surface area contributed by atoms with Crippen LogP contribution in [0.5, 0.6) is 0 Å². The Morgan fingerprint density at radius 3 is 2.52 bits per heavy atom. The van der Waals surface area contributed by atoms with Gasteiger partial charge in [0.1, 0.15) is 6.54 Å². The van der Waals surface area contributed by atoms with Gasteiger partial charge in [-0.15, -0.1) is 0 Å². The van der Waals surface area contributed by atoms with Crippen LogP contribution in [0.15, 0.2) is 53.5 Å². The van der Waals surface area contributed by atoms with E-state index >= 15 is 0 Å². The second-order valence-electron chi connectivity index (χ2n) is 6.03. The molecule has 1 aliphatic rings. The molecule has 23 heavy (non-hydrogen) atoms. The van der Waals surface area contributed by atoms with Crippen LogP contribution in [0.3, 0.4) is 0 Å². The van der Waals surface area contributed by atoms with E-state index in [4.69, 9.17) is 0 Å². The zero-order valence-electron chi connectivity index (χ0n) is 13.1. The summed E-state index contributed by atoms with van der Waals surface area (Å²) in [6.07, 6.45) is 4.62. The minimum atomic E-state index is -0.236. The molecule has 0 saturated carbocycles. The molecule has 5 heteroatoms. The maximum Gasteiger partial charge on any atom is 0.267 e. The molecule has 0 bridgehead atoms. The molecule has 3 rings (SSSR count). The minimum Gasteiger partial charge on any atom is -0.341 e. The van der Waals surface area contributed by atoms with E-state index in [2.05, 4.69) is 29.4 Å². The Morgan fingerprint density at radius 1 is 1.09 bits per heavy atom. The Morgan fingerprint density at radius 2 is 1.83 bits per heavy atom. The molecule has 2 heterocycles. The first-order valence-corrected chi connectivity index (χ1v) is 8.06. The summed E-state index contributed by atoms with van der Waals surface area (Å²) < 4.78 is 1.22. The molecule has 0 aliphatic carbocycles. The van der Waals surface area contributed by atoms with Gasteiger partial charge >= 0.3 is 0 Å². The van der Waals surface area contributed by atoms with Crippen molar-refractivity contribution >= 4 is 5.91 Å². The Labute approximate surface area is 135 Å². The van der Waals surface area contributed by atoms with Crippen LogP contribution >= 0.6 is 0 Å². The van der Waals surface area contributed by atoms with E-state index in [1.54, 1.807) is 6.07 Å². The fraction of sp³-hybridized carbons (Fsp3) is 0.389. The van der Waals surface area contributed by atoms with Crippen molar-refractivity contribution in [1.82, 2.24) is 14.7 Å². The molecule has 0 radical (unpaired) electrons. The van der Waals surface area contributed by atoms with E-state index in [-0.39, 0.29) is 18.0 Å². The van der Waals surface area contributed by atoms with Crippen molar-refractivity contribution < 1.29 is 4.79 Å². The predicted molar refractivity (Wildman–Crippen MR) is 87.9 cm³/mol. The number of nitrogens with zero attached hydrogens (tertiary/aromatic N) is 3. The van der Waals surface area contributed by atoms with Gasteiger partial charge in [0.05, 0.1) is 0 Å².